The van der Waals surface area contributed by atoms with E-state index in [-0.39, 0.29) is 23.3 Å². The maximum Gasteiger partial charge on any atom is 0.197 e. The van der Waals surface area contributed by atoms with Gasteiger partial charge in [-0.1, -0.05) is 0 Å². The molecule has 0 aromatic carbocycles. The zero-order valence-electron chi connectivity index (χ0n) is 7.48. The zero-order valence-corrected chi connectivity index (χ0v) is 7.48. The van der Waals surface area contributed by atoms with Crippen LogP contribution in [-0.4, -0.2) is 16.2 Å². The molecule has 0 spiro atoms. The van der Waals surface area contributed by atoms with E-state index in [1.807, 2.05) is 19.9 Å². The molecule has 1 heterocycles. The minimum absolute atomic E-state index is 0.0553. The molecule has 4 heteroatoms. The highest BCUT2D eigenvalue weighted by atomic mass is 16.5. The predicted octanol–water partition coefficient (Wildman–Crippen LogP) is 1.45. The normalized spacial score (nSPS) is 9.69. The smallest absolute Gasteiger partial charge is 0.197 e. The first-order valence-electron chi connectivity index (χ1n) is 3.90. The van der Waals surface area contributed by atoms with E-state index in [1.54, 1.807) is 0 Å². The van der Waals surface area contributed by atoms with Crippen LogP contribution in [0, 0.1) is 11.3 Å². The van der Waals surface area contributed by atoms with Crippen molar-refractivity contribution in [2.45, 2.75) is 20.0 Å². The average molecular weight is 178 g/mol. The number of nitriles is 1. The highest BCUT2D eigenvalue weighted by Gasteiger charge is 2.11. The van der Waals surface area contributed by atoms with Crippen LogP contribution in [0.1, 0.15) is 19.5 Å². The summed E-state index contributed by atoms with van der Waals surface area (Å²) in [5.41, 5.74) is 0.105. The molecule has 0 aliphatic heterocycles. The van der Waals surface area contributed by atoms with Crippen LogP contribution in [0.3, 0.4) is 0 Å². The third-order valence-corrected chi connectivity index (χ3v) is 1.34. The van der Waals surface area contributed by atoms with Gasteiger partial charge in [-0.3, -0.25) is 0 Å². The summed E-state index contributed by atoms with van der Waals surface area (Å²) in [4.78, 5) is 3.76. The summed E-state index contributed by atoms with van der Waals surface area (Å²) in [6.45, 7) is 3.63. The lowest BCUT2D eigenvalue weighted by Crippen LogP contribution is -2.07. The van der Waals surface area contributed by atoms with Crippen molar-refractivity contribution >= 4 is 0 Å². The van der Waals surface area contributed by atoms with Crippen LogP contribution in [-0.2, 0) is 0 Å². The van der Waals surface area contributed by atoms with Crippen molar-refractivity contribution in [2.75, 3.05) is 0 Å². The van der Waals surface area contributed by atoms with Crippen molar-refractivity contribution in [3.8, 4) is 17.6 Å². The third-order valence-electron chi connectivity index (χ3n) is 1.34. The number of pyridine rings is 1. The van der Waals surface area contributed by atoms with Crippen LogP contribution in [0.2, 0.25) is 0 Å². The molecule has 0 fully saturated rings. The molecular formula is C9H10N2O2. The van der Waals surface area contributed by atoms with Crippen molar-refractivity contribution in [3.63, 3.8) is 0 Å². The highest BCUT2D eigenvalue weighted by molar-refractivity contribution is 5.47. The van der Waals surface area contributed by atoms with E-state index in [4.69, 9.17) is 10.00 Å². The Balaban J connectivity index is 3.10. The van der Waals surface area contributed by atoms with E-state index >= 15 is 0 Å². The number of aromatic hydroxyl groups is 1. The van der Waals surface area contributed by atoms with Gasteiger partial charge in [0.25, 0.3) is 0 Å². The van der Waals surface area contributed by atoms with Gasteiger partial charge in [-0.05, 0) is 13.8 Å². The number of ether oxygens (including phenoxy) is 1. The van der Waals surface area contributed by atoms with Crippen LogP contribution in [0.5, 0.6) is 11.5 Å². The minimum Gasteiger partial charge on any atom is -0.504 e. The van der Waals surface area contributed by atoms with Gasteiger partial charge in [0.1, 0.15) is 6.07 Å². The quantitative estimate of drug-likeness (QED) is 0.744. The van der Waals surface area contributed by atoms with Crippen LogP contribution in [0.25, 0.3) is 0 Å². The summed E-state index contributed by atoms with van der Waals surface area (Å²) in [6.07, 6.45) is 1.27. The number of nitrogens with zero attached hydrogens (tertiary/aromatic N) is 2. The zero-order chi connectivity index (χ0) is 9.84. The van der Waals surface area contributed by atoms with E-state index in [9.17, 15) is 5.11 Å². The van der Waals surface area contributed by atoms with Gasteiger partial charge in [0.2, 0.25) is 0 Å². The molecule has 0 saturated carbocycles. The molecule has 1 rings (SSSR count). The summed E-state index contributed by atoms with van der Waals surface area (Å²) >= 11 is 0. The topological polar surface area (TPSA) is 66.1 Å². The van der Waals surface area contributed by atoms with E-state index in [0.717, 1.165) is 0 Å². The van der Waals surface area contributed by atoms with E-state index in [2.05, 4.69) is 4.98 Å². The Hall–Kier alpha value is -1.76. The van der Waals surface area contributed by atoms with Crippen LogP contribution >= 0.6 is 0 Å². The second kappa shape index (κ2) is 3.76. The minimum atomic E-state index is -0.0952. The first kappa shape index (κ1) is 9.33. The van der Waals surface area contributed by atoms with Gasteiger partial charge >= 0.3 is 0 Å². The lowest BCUT2D eigenvalue weighted by molar-refractivity contribution is 0.230. The summed E-state index contributed by atoms with van der Waals surface area (Å²) < 4.78 is 5.23. The predicted molar refractivity (Wildman–Crippen MR) is 46.4 cm³/mol. The van der Waals surface area contributed by atoms with Gasteiger partial charge < -0.3 is 9.84 Å². The van der Waals surface area contributed by atoms with Gasteiger partial charge in [-0.2, -0.15) is 5.26 Å². The summed E-state index contributed by atoms with van der Waals surface area (Å²) in [5.74, 6) is 0.0975. The molecule has 4 nitrogen and oxygen atoms in total. The lowest BCUT2D eigenvalue weighted by atomic mass is 10.3. The van der Waals surface area contributed by atoms with Crippen molar-refractivity contribution < 1.29 is 9.84 Å². The second-order valence-electron chi connectivity index (χ2n) is 2.79. The maximum atomic E-state index is 9.36. The highest BCUT2D eigenvalue weighted by Crippen LogP contribution is 2.28. The van der Waals surface area contributed by atoms with Gasteiger partial charge in [0.15, 0.2) is 17.2 Å². The molecule has 0 aliphatic carbocycles. The first-order valence-corrected chi connectivity index (χ1v) is 3.90. The number of hydrogen-bond acceptors (Lipinski definition) is 4. The van der Waals surface area contributed by atoms with Crippen molar-refractivity contribution in [2.24, 2.45) is 0 Å². The van der Waals surface area contributed by atoms with E-state index < -0.39 is 0 Å². The Morgan fingerprint density at radius 3 is 2.85 bits per heavy atom. The molecule has 0 radical (unpaired) electrons. The maximum absolute atomic E-state index is 9.36. The molecule has 0 bridgehead atoms. The van der Waals surface area contributed by atoms with Gasteiger partial charge in [-0.15, -0.1) is 0 Å². The second-order valence-corrected chi connectivity index (χ2v) is 2.79. The van der Waals surface area contributed by atoms with Gasteiger partial charge in [0.05, 0.1) is 6.10 Å². The van der Waals surface area contributed by atoms with Gasteiger partial charge in [0, 0.05) is 12.3 Å². The van der Waals surface area contributed by atoms with Crippen molar-refractivity contribution in [1.82, 2.24) is 4.98 Å². The molecule has 0 unspecified atom stereocenters. The standard InChI is InChI=1S/C9H10N2O2/c1-6(2)13-9-7(5-10)11-4-3-8(9)12/h3-4,6H,1-2H3,(H,11,12). The largest absolute Gasteiger partial charge is 0.504 e. The molecule has 1 N–H and O–H groups in total. The van der Waals surface area contributed by atoms with Crippen LogP contribution < -0.4 is 4.74 Å². The first-order chi connectivity index (χ1) is 6.15. The molecule has 13 heavy (non-hydrogen) atoms. The molecule has 1 aromatic rings. The Labute approximate surface area is 76.4 Å². The molecule has 0 saturated heterocycles. The summed E-state index contributed by atoms with van der Waals surface area (Å²) in [7, 11) is 0. The van der Waals surface area contributed by atoms with Crippen molar-refractivity contribution in [1.29, 1.82) is 5.26 Å². The van der Waals surface area contributed by atoms with E-state index in [1.165, 1.54) is 12.3 Å². The van der Waals surface area contributed by atoms with Gasteiger partial charge in [-0.25, -0.2) is 4.98 Å². The molecule has 0 aliphatic rings. The Morgan fingerprint density at radius 1 is 1.62 bits per heavy atom. The van der Waals surface area contributed by atoms with E-state index in [0.29, 0.717) is 0 Å². The van der Waals surface area contributed by atoms with Crippen LogP contribution in [0.4, 0.5) is 0 Å². The fraction of sp³-hybridized carbons (Fsp3) is 0.333. The number of aromatic nitrogens is 1. The Kier molecular flexibility index (Phi) is 2.70. The SMILES string of the molecule is CC(C)Oc1c(O)ccnc1C#N. The van der Waals surface area contributed by atoms with Crippen molar-refractivity contribution in [3.05, 3.63) is 18.0 Å². The lowest BCUT2D eigenvalue weighted by Gasteiger charge is -2.11. The molecule has 0 atom stereocenters. The molecule has 1 aromatic heterocycles. The number of hydrogen-bond donors (Lipinski definition) is 1. The number of rotatable bonds is 2. The molecule has 0 amide bonds. The molecular weight excluding hydrogens is 168 g/mol. The summed E-state index contributed by atoms with van der Waals surface area (Å²) in [6, 6.07) is 3.23. The Morgan fingerprint density at radius 2 is 2.31 bits per heavy atom. The molecule has 68 valence electrons. The average Bonchev–Trinajstić information content (AvgIpc) is 2.08. The summed E-state index contributed by atoms with van der Waals surface area (Å²) in [5, 5.41) is 18.0. The fourth-order valence-corrected chi connectivity index (χ4v) is 0.870. The van der Waals surface area contributed by atoms with Crippen LogP contribution in [0.15, 0.2) is 12.3 Å². The monoisotopic (exact) mass is 178 g/mol. The Bertz CT molecular complexity index is 342. The third kappa shape index (κ3) is 2.09. The fourth-order valence-electron chi connectivity index (χ4n) is 0.870.